The highest BCUT2D eigenvalue weighted by molar-refractivity contribution is 6.22. The van der Waals surface area contributed by atoms with Crippen molar-refractivity contribution in [2.24, 2.45) is 11.8 Å². The zero-order chi connectivity index (χ0) is 44.3. The fraction of sp³-hybridized carbons (Fsp3) is 0.125. The van der Waals surface area contributed by atoms with Crippen LogP contribution in [-0.4, -0.2) is 10.7 Å². The second-order valence-electron chi connectivity index (χ2n) is 18.4. The predicted octanol–water partition coefficient (Wildman–Crippen LogP) is 16.8. The number of fused-ring (bicyclic) bond motifs is 7. The van der Waals surface area contributed by atoms with E-state index in [1.807, 2.05) is 12.2 Å². The van der Waals surface area contributed by atoms with E-state index < -0.39 is 0 Å². The number of hydrogen-bond donors (Lipinski definition) is 0. The first-order valence-corrected chi connectivity index (χ1v) is 23.5. The molecule has 318 valence electrons. The van der Waals surface area contributed by atoms with Crippen LogP contribution in [0.4, 0.5) is 0 Å². The summed E-state index contributed by atoms with van der Waals surface area (Å²) in [4.78, 5) is 0. The predicted molar refractivity (Wildman–Crippen MR) is 279 cm³/mol. The van der Waals surface area contributed by atoms with E-state index in [2.05, 4.69) is 219 Å². The third-order valence-corrected chi connectivity index (χ3v) is 14.4. The molecule has 3 atom stereocenters. The molecular formula is C64H51NO. The molecule has 0 fully saturated rings. The van der Waals surface area contributed by atoms with Crippen molar-refractivity contribution in [3.05, 3.63) is 246 Å². The summed E-state index contributed by atoms with van der Waals surface area (Å²) >= 11 is 0. The topological polar surface area (TPSA) is 14.2 Å². The van der Waals surface area contributed by atoms with E-state index in [1.54, 1.807) is 0 Å². The maximum Gasteiger partial charge on any atom is 0.134 e. The number of ether oxygens (including phenoxy) is 1. The summed E-state index contributed by atoms with van der Waals surface area (Å²) in [7, 11) is 0. The minimum absolute atomic E-state index is 0.0566. The van der Waals surface area contributed by atoms with Crippen molar-refractivity contribution in [2.45, 2.75) is 39.2 Å². The van der Waals surface area contributed by atoms with Gasteiger partial charge < -0.3 is 9.30 Å². The Kier molecular flexibility index (Phi) is 9.90. The summed E-state index contributed by atoms with van der Waals surface area (Å²) in [5.41, 5.74) is 18.8. The highest BCUT2D eigenvalue weighted by Gasteiger charge is 2.41. The van der Waals surface area contributed by atoms with E-state index in [9.17, 15) is 0 Å². The first kappa shape index (κ1) is 39.9. The molecule has 0 amide bonds. The minimum Gasteiger partial charge on any atom is -0.484 e. The van der Waals surface area contributed by atoms with Crippen LogP contribution in [0.3, 0.4) is 0 Å². The number of aromatic nitrogens is 1. The van der Waals surface area contributed by atoms with Crippen molar-refractivity contribution in [1.29, 1.82) is 0 Å². The molecule has 1 aliphatic heterocycles. The summed E-state index contributed by atoms with van der Waals surface area (Å²) in [6, 6.07) is 54.1. The Hall–Kier alpha value is -7.68. The molecule has 0 N–H and O–H groups in total. The fourth-order valence-corrected chi connectivity index (χ4v) is 11.3. The SMILES string of the molecule is C=C/C=C\C=C(/C)C1=CCCC2=C1OC1C(c3ccc4c5c(n(-c6ccc(-c7ccc8c(-c9ccccc9)c9ccccc9c(-c9ccccc9)c8c7)cc6)c4c3)C=C[C@H](C)C5)=CC=CC21. The normalized spacial score (nSPS) is 18.9. The summed E-state index contributed by atoms with van der Waals surface area (Å²) in [6.07, 6.45) is 25.0. The van der Waals surface area contributed by atoms with Crippen molar-refractivity contribution in [3.63, 3.8) is 0 Å². The first-order chi connectivity index (χ1) is 32.5. The summed E-state index contributed by atoms with van der Waals surface area (Å²) < 4.78 is 9.55. The Morgan fingerprint density at radius 2 is 1.33 bits per heavy atom. The monoisotopic (exact) mass is 849 g/mol. The van der Waals surface area contributed by atoms with Crippen molar-refractivity contribution < 1.29 is 4.74 Å². The number of rotatable bonds is 8. The van der Waals surface area contributed by atoms with Gasteiger partial charge in [0.15, 0.2) is 0 Å². The molecule has 7 aromatic carbocycles. The van der Waals surface area contributed by atoms with E-state index in [0.717, 1.165) is 30.7 Å². The van der Waals surface area contributed by atoms with E-state index in [1.165, 1.54) is 105 Å². The molecule has 0 spiro atoms. The first-order valence-electron chi connectivity index (χ1n) is 23.5. The van der Waals surface area contributed by atoms with Gasteiger partial charge >= 0.3 is 0 Å². The lowest BCUT2D eigenvalue weighted by Gasteiger charge is -2.25. The maximum atomic E-state index is 7.05. The Balaban J connectivity index is 0.945. The number of hydrogen-bond acceptors (Lipinski definition) is 1. The molecule has 2 heterocycles. The van der Waals surface area contributed by atoms with Gasteiger partial charge in [-0.25, -0.2) is 0 Å². The van der Waals surface area contributed by atoms with Gasteiger partial charge in [0.25, 0.3) is 0 Å². The maximum absolute atomic E-state index is 7.05. The average Bonchev–Trinajstić information content (AvgIpc) is 3.91. The third-order valence-electron chi connectivity index (χ3n) is 14.4. The van der Waals surface area contributed by atoms with Gasteiger partial charge in [0.1, 0.15) is 11.9 Å². The van der Waals surface area contributed by atoms with Crippen molar-refractivity contribution in [1.82, 2.24) is 4.57 Å². The lowest BCUT2D eigenvalue weighted by Crippen LogP contribution is -2.21. The molecule has 1 aromatic heterocycles. The van der Waals surface area contributed by atoms with Crippen LogP contribution >= 0.6 is 0 Å². The van der Waals surface area contributed by atoms with E-state index >= 15 is 0 Å². The summed E-state index contributed by atoms with van der Waals surface area (Å²) in [5, 5.41) is 6.38. The molecule has 8 aromatic rings. The average molecular weight is 850 g/mol. The van der Waals surface area contributed by atoms with E-state index in [0.29, 0.717) is 5.92 Å². The van der Waals surface area contributed by atoms with Crippen molar-refractivity contribution in [3.8, 4) is 39.1 Å². The molecule has 0 bridgehead atoms. The van der Waals surface area contributed by atoms with Crippen molar-refractivity contribution >= 4 is 44.1 Å². The van der Waals surface area contributed by atoms with Gasteiger partial charge in [-0.3, -0.25) is 0 Å². The largest absolute Gasteiger partial charge is 0.484 e. The lowest BCUT2D eigenvalue weighted by molar-refractivity contribution is 0.179. The fourth-order valence-electron chi connectivity index (χ4n) is 11.3. The smallest absolute Gasteiger partial charge is 0.134 e. The van der Waals surface area contributed by atoms with Gasteiger partial charge in [-0.15, -0.1) is 0 Å². The molecule has 3 aliphatic carbocycles. The van der Waals surface area contributed by atoms with Crippen LogP contribution < -0.4 is 0 Å². The van der Waals surface area contributed by atoms with Crippen molar-refractivity contribution in [2.75, 3.05) is 0 Å². The molecule has 66 heavy (non-hydrogen) atoms. The Bertz CT molecular complexity index is 3490. The molecular weight excluding hydrogens is 799 g/mol. The Morgan fingerprint density at radius 3 is 2.08 bits per heavy atom. The number of allylic oxidation sites excluding steroid dienone is 9. The van der Waals surface area contributed by atoms with Gasteiger partial charge in [0.2, 0.25) is 0 Å². The lowest BCUT2D eigenvalue weighted by atomic mass is 9.80. The Labute approximate surface area is 387 Å². The van der Waals surface area contributed by atoms with Gasteiger partial charge in [0, 0.05) is 33.8 Å². The molecule has 2 unspecified atom stereocenters. The molecule has 0 saturated carbocycles. The number of benzene rings is 7. The van der Waals surface area contributed by atoms with Gasteiger partial charge in [-0.05, 0) is 140 Å². The zero-order valence-electron chi connectivity index (χ0n) is 37.5. The van der Waals surface area contributed by atoms with Crippen LogP contribution in [0, 0.1) is 11.8 Å². The standard InChI is InChI=1S/C64H51NO/c1-4-5-8-17-42(3)49-24-15-26-55-56-27-16-25-50(64(56)66-63(49)55)47-32-35-51-57-38-41(2)28-37-59(57)65(60(51)40-47)48-33-29-43(30-34-48)46-31-36-54-58(39-46)62(45-20-11-7-12-21-45)53-23-14-13-22-52(53)61(54)44-18-9-6-10-19-44/h4-14,16-25,27-37,39-41,56,64H,1,15,26,38H2,2-3H3/b8-5-,42-17+/t41-,56?,64?/m0/s1. The quantitative estimate of drug-likeness (QED) is 0.110. The van der Waals surface area contributed by atoms with Crippen LogP contribution in [0.25, 0.3) is 83.2 Å². The highest BCUT2D eigenvalue weighted by Crippen LogP contribution is 2.50. The number of nitrogens with zero attached hydrogens (tertiary/aromatic N) is 1. The third kappa shape index (κ3) is 6.62. The highest BCUT2D eigenvalue weighted by atomic mass is 16.5. The molecule has 12 rings (SSSR count). The van der Waals surface area contributed by atoms with Gasteiger partial charge in [0.05, 0.1) is 5.52 Å². The van der Waals surface area contributed by atoms with E-state index in [4.69, 9.17) is 4.74 Å². The van der Waals surface area contributed by atoms with Crippen LogP contribution in [0.2, 0.25) is 0 Å². The second-order valence-corrected chi connectivity index (χ2v) is 18.4. The van der Waals surface area contributed by atoms with E-state index in [-0.39, 0.29) is 12.0 Å². The summed E-state index contributed by atoms with van der Waals surface area (Å²) in [6.45, 7) is 8.35. The van der Waals surface area contributed by atoms with Gasteiger partial charge in [-0.1, -0.05) is 190 Å². The van der Waals surface area contributed by atoms with Crippen LogP contribution in [0.1, 0.15) is 43.5 Å². The Morgan fingerprint density at radius 1 is 0.667 bits per heavy atom. The van der Waals surface area contributed by atoms with Crippen LogP contribution in [-0.2, 0) is 11.2 Å². The second kappa shape index (κ2) is 16.4. The van der Waals surface area contributed by atoms with Crippen LogP contribution in [0.5, 0.6) is 0 Å². The zero-order valence-corrected chi connectivity index (χ0v) is 37.5. The molecule has 0 radical (unpaired) electrons. The minimum atomic E-state index is -0.0566. The van der Waals surface area contributed by atoms with Gasteiger partial charge in [-0.2, -0.15) is 0 Å². The molecule has 2 heteroatoms. The van der Waals surface area contributed by atoms with Crippen LogP contribution in [0.15, 0.2) is 229 Å². The molecule has 2 nitrogen and oxygen atoms in total. The molecule has 4 aliphatic rings. The summed E-state index contributed by atoms with van der Waals surface area (Å²) in [5.74, 6) is 1.78. The molecule has 0 saturated heterocycles.